The van der Waals surface area contributed by atoms with E-state index in [1.54, 1.807) is 15.3 Å². The summed E-state index contributed by atoms with van der Waals surface area (Å²) in [5, 5.41) is 3.83. The molecule has 0 amide bonds. The normalized spacial score (nSPS) is 26.2. The highest BCUT2D eigenvalue weighted by molar-refractivity contribution is 7.12. The summed E-state index contributed by atoms with van der Waals surface area (Å²) in [4.78, 5) is 3.22. The third-order valence-corrected chi connectivity index (χ3v) is 6.06. The van der Waals surface area contributed by atoms with Gasteiger partial charge in [-0.1, -0.05) is 26.7 Å². The summed E-state index contributed by atoms with van der Waals surface area (Å²) in [6.45, 7) is 5.95. The predicted molar refractivity (Wildman–Crippen MR) is 79.2 cm³/mol. The van der Waals surface area contributed by atoms with Crippen LogP contribution in [0.15, 0.2) is 6.07 Å². The fourth-order valence-electron chi connectivity index (χ4n) is 3.57. The van der Waals surface area contributed by atoms with Gasteiger partial charge in [0, 0.05) is 22.3 Å². The first-order valence-electron chi connectivity index (χ1n) is 7.49. The number of thiophene rings is 1. The number of hydrogen-bond donors (Lipinski definition) is 1. The molecule has 1 N–H and O–H groups in total. The largest absolute Gasteiger partial charge is 0.309 e. The Morgan fingerprint density at radius 1 is 1.28 bits per heavy atom. The van der Waals surface area contributed by atoms with Crippen molar-refractivity contribution in [1.29, 1.82) is 0 Å². The molecule has 1 atom stereocenters. The van der Waals surface area contributed by atoms with Crippen LogP contribution in [0.1, 0.15) is 61.3 Å². The molecule has 2 aliphatic carbocycles. The maximum Gasteiger partial charge on any atom is 0.0302 e. The molecule has 1 saturated carbocycles. The van der Waals surface area contributed by atoms with Crippen LogP contribution in [0.4, 0.5) is 0 Å². The van der Waals surface area contributed by atoms with E-state index < -0.39 is 0 Å². The molecule has 18 heavy (non-hydrogen) atoms. The van der Waals surface area contributed by atoms with Crippen LogP contribution < -0.4 is 5.32 Å². The Bertz CT molecular complexity index is 397. The van der Waals surface area contributed by atoms with Crippen LogP contribution in [0.5, 0.6) is 0 Å². The summed E-state index contributed by atoms with van der Waals surface area (Å²) in [7, 11) is 0. The van der Waals surface area contributed by atoms with Gasteiger partial charge in [0.2, 0.25) is 0 Å². The molecule has 1 fully saturated rings. The number of hydrogen-bond acceptors (Lipinski definition) is 2. The molecule has 2 aliphatic rings. The molecule has 0 spiro atoms. The van der Waals surface area contributed by atoms with Gasteiger partial charge in [-0.25, -0.2) is 0 Å². The minimum atomic E-state index is 0.484. The average Bonchev–Trinajstić information content (AvgIpc) is 2.87. The first-order chi connectivity index (χ1) is 8.65. The third-order valence-electron chi connectivity index (χ3n) is 4.83. The lowest BCUT2D eigenvalue weighted by Crippen LogP contribution is -2.43. The zero-order valence-electron chi connectivity index (χ0n) is 11.7. The van der Waals surface area contributed by atoms with Crippen molar-refractivity contribution in [3.63, 3.8) is 0 Å². The van der Waals surface area contributed by atoms with Crippen molar-refractivity contribution in [3.05, 3.63) is 21.4 Å². The lowest BCUT2D eigenvalue weighted by Gasteiger charge is -2.39. The molecule has 1 aromatic heterocycles. The Morgan fingerprint density at radius 3 is 2.94 bits per heavy atom. The molecule has 0 saturated heterocycles. The van der Waals surface area contributed by atoms with Crippen LogP contribution in [0.2, 0.25) is 0 Å². The van der Waals surface area contributed by atoms with Gasteiger partial charge in [0.15, 0.2) is 0 Å². The molecule has 1 nitrogen and oxygen atoms in total. The van der Waals surface area contributed by atoms with E-state index in [1.807, 2.05) is 11.3 Å². The summed E-state index contributed by atoms with van der Waals surface area (Å²) < 4.78 is 0. The SMILES string of the molecule is CC1(C)CCCCC1NCc1cc2c(s1)CCC2. The van der Waals surface area contributed by atoms with Crippen LogP contribution in [0, 0.1) is 5.41 Å². The zero-order chi connectivity index (χ0) is 12.6. The lowest BCUT2D eigenvalue weighted by molar-refractivity contribution is 0.167. The molecule has 0 bridgehead atoms. The summed E-state index contributed by atoms with van der Waals surface area (Å²) >= 11 is 2.05. The Hall–Kier alpha value is -0.340. The Kier molecular flexibility index (Phi) is 3.50. The maximum absolute atomic E-state index is 3.83. The van der Waals surface area contributed by atoms with Crippen molar-refractivity contribution in [3.8, 4) is 0 Å². The van der Waals surface area contributed by atoms with Crippen molar-refractivity contribution < 1.29 is 0 Å². The van der Waals surface area contributed by atoms with E-state index in [2.05, 4.69) is 25.2 Å². The van der Waals surface area contributed by atoms with Crippen LogP contribution in [-0.2, 0) is 19.4 Å². The van der Waals surface area contributed by atoms with E-state index in [0.717, 1.165) is 6.54 Å². The summed E-state index contributed by atoms with van der Waals surface area (Å²) in [6, 6.07) is 3.17. The van der Waals surface area contributed by atoms with Crippen LogP contribution in [0.25, 0.3) is 0 Å². The highest BCUT2D eigenvalue weighted by atomic mass is 32.1. The Balaban J connectivity index is 1.60. The van der Waals surface area contributed by atoms with Gasteiger partial charge >= 0.3 is 0 Å². The molecule has 0 aliphatic heterocycles. The summed E-state index contributed by atoms with van der Waals surface area (Å²) in [5.41, 5.74) is 2.12. The van der Waals surface area contributed by atoms with E-state index in [-0.39, 0.29) is 0 Å². The van der Waals surface area contributed by atoms with Gasteiger partial charge in [-0.05, 0) is 49.1 Å². The standard InChI is InChI=1S/C16H25NS/c1-16(2)9-4-3-8-15(16)17-11-13-10-12-6-5-7-14(12)18-13/h10,15,17H,3-9,11H2,1-2H3. The van der Waals surface area contributed by atoms with Crippen molar-refractivity contribution in [2.75, 3.05) is 0 Å². The molecule has 0 radical (unpaired) electrons. The molecule has 2 heteroatoms. The fraction of sp³-hybridized carbons (Fsp3) is 0.750. The van der Waals surface area contributed by atoms with E-state index in [9.17, 15) is 0 Å². The quantitative estimate of drug-likeness (QED) is 0.857. The van der Waals surface area contributed by atoms with Gasteiger partial charge in [-0.2, -0.15) is 0 Å². The van der Waals surface area contributed by atoms with Crippen molar-refractivity contribution in [1.82, 2.24) is 5.32 Å². The second kappa shape index (κ2) is 4.97. The van der Waals surface area contributed by atoms with Gasteiger partial charge < -0.3 is 5.32 Å². The molecular formula is C16H25NS. The van der Waals surface area contributed by atoms with Crippen molar-refractivity contribution >= 4 is 11.3 Å². The van der Waals surface area contributed by atoms with E-state index >= 15 is 0 Å². The first-order valence-corrected chi connectivity index (χ1v) is 8.31. The molecule has 0 aromatic carbocycles. The van der Waals surface area contributed by atoms with Gasteiger partial charge in [0.1, 0.15) is 0 Å². The smallest absolute Gasteiger partial charge is 0.0302 e. The highest BCUT2D eigenvalue weighted by Crippen LogP contribution is 2.36. The average molecular weight is 263 g/mol. The minimum Gasteiger partial charge on any atom is -0.309 e. The van der Waals surface area contributed by atoms with Crippen molar-refractivity contribution in [2.45, 2.75) is 71.4 Å². The van der Waals surface area contributed by atoms with Crippen LogP contribution in [-0.4, -0.2) is 6.04 Å². The van der Waals surface area contributed by atoms with E-state index in [1.165, 1.54) is 44.9 Å². The number of fused-ring (bicyclic) bond motifs is 1. The second-order valence-electron chi connectivity index (χ2n) is 6.68. The lowest BCUT2D eigenvalue weighted by atomic mass is 9.73. The molecular weight excluding hydrogens is 238 g/mol. The maximum atomic E-state index is 3.83. The highest BCUT2D eigenvalue weighted by Gasteiger charge is 2.31. The van der Waals surface area contributed by atoms with Crippen molar-refractivity contribution in [2.24, 2.45) is 5.41 Å². The Morgan fingerprint density at radius 2 is 2.17 bits per heavy atom. The topological polar surface area (TPSA) is 12.0 Å². The van der Waals surface area contributed by atoms with Gasteiger partial charge in [-0.3, -0.25) is 0 Å². The Labute approximate surface area is 115 Å². The number of aryl methyl sites for hydroxylation is 2. The zero-order valence-corrected chi connectivity index (χ0v) is 12.5. The monoisotopic (exact) mass is 263 g/mol. The molecule has 1 unspecified atom stereocenters. The molecule has 1 aromatic rings. The third kappa shape index (κ3) is 2.50. The van der Waals surface area contributed by atoms with Crippen LogP contribution >= 0.6 is 11.3 Å². The summed E-state index contributed by atoms with van der Waals surface area (Å²) in [6.07, 6.45) is 9.59. The second-order valence-corrected chi connectivity index (χ2v) is 7.90. The fourth-order valence-corrected chi connectivity index (χ4v) is 4.79. The minimum absolute atomic E-state index is 0.484. The van der Waals surface area contributed by atoms with Gasteiger partial charge in [-0.15, -0.1) is 11.3 Å². The predicted octanol–water partition coefficient (Wildman–Crippen LogP) is 4.30. The number of rotatable bonds is 3. The summed E-state index contributed by atoms with van der Waals surface area (Å²) in [5.74, 6) is 0. The van der Waals surface area contributed by atoms with E-state index in [4.69, 9.17) is 0 Å². The first kappa shape index (κ1) is 12.7. The van der Waals surface area contributed by atoms with Gasteiger partial charge in [0.05, 0.1) is 0 Å². The molecule has 100 valence electrons. The van der Waals surface area contributed by atoms with Crippen LogP contribution in [0.3, 0.4) is 0 Å². The number of nitrogens with one attached hydrogen (secondary N) is 1. The molecule has 3 rings (SSSR count). The van der Waals surface area contributed by atoms with Gasteiger partial charge in [0.25, 0.3) is 0 Å². The van der Waals surface area contributed by atoms with E-state index in [0.29, 0.717) is 11.5 Å². The molecule has 1 heterocycles.